The summed E-state index contributed by atoms with van der Waals surface area (Å²) in [5, 5.41) is 3.72. The molecule has 1 atom stereocenters. The molecule has 2 fully saturated rings. The van der Waals surface area contributed by atoms with E-state index >= 15 is 0 Å². The van der Waals surface area contributed by atoms with Gasteiger partial charge in [-0.1, -0.05) is 26.7 Å². The van der Waals surface area contributed by atoms with Crippen molar-refractivity contribution >= 4 is 0 Å². The van der Waals surface area contributed by atoms with Crippen LogP contribution in [0.4, 0.5) is 0 Å². The highest BCUT2D eigenvalue weighted by Gasteiger charge is 2.18. The van der Waals surface area contributed by atoms with Gasteiger partial charge in [0.1, 0.15) is 0 Å². The summed E-state index contributed by atoms with van der Waals surface area (Å²) in [6.45, 7) is 11.3. The van der Waals surface area contributed by atoms with E-state index in [1.54, 1.807) is 0 Å². The molecule has 1 aliphatic heterocycles. The van der Waals surface area contributed by atoms with Crippen LogP contribution in [-0.2, 0) is 0 Å². The lowest BCUT2D eigenvalue weighted by Crippen LogP contribution is -2.34. The van der Waals surface area contributed by atoms with Crippen molar-refractivity contribution < 1.29 is 0 Å². The fraction of sp³-hybridized carbons (Fsp3) is 1.00. The zero-order chi connectivity index (χ0) is 12.8. The molecule has 2 heteroatoms. The topological polar surface area (TPSA) is 15.3 Å². The van der Waals surface area contributed by atoms with Crippen LogP contribution in [0.3, 0.4) is 0 Å². The highest BCUT2D eigenvalue weighted by atomic mass is 15.1. The standard InChI is InChI=1S/C16H32N2/c1-14-5-7-16(8-6-14)12-17-11-15(2)13-18-9-3-4-10-18/h14-17H,3-13H2,1-2H3. The summed E-state index contributed by atoms with van der Waals surface area (Å²) < 4.78 is 0. The third-order valence-electron chi connectivity index (χ3n) is 4.83. The molecule has 0 amide bonds. The van der Waals surface area contributed by atoms with Gasteiger partial charge in [0.15, 0.2) is 0 Å². The molecule has 106 valence electrons. The molecule has 1 saturated heterocycles. The van der Waals surface area contributed by atoms with Gasteiger partial charge in [0.05, 0.1) is 0 Å². The van der Waals surface area contributed by atoms with E-state index in [9.17, 15) is 0 Å². The van der Waals surface area contributed by atoms with Crippen molar-refractivity contribution in [3.63, 3.8) is 0 Å². The first kappa shape index (κ1) is 14.3. The maximum Gasteiger partial charge on any atom is 0.00191 e. The van der Waals surface area contributed by atoms with Crippen LogP contribution in [0.5, 0.6) is 0 Å². The van der Waals surface area contributed by atoms with Crippen molar-refractivity contribution in [3.05, 3.63) is 0 Å². The van der Waals surface area contributed by atoms with E-state index in [0.717, 1.165) is 17.8 Å². The second-order valence-corrected chi connectivity index (χ2v) is 6.90. The van der Waals surface area contributed by atoms with E-state index in [0.29, 0.717) is 0 Å². The molecule has 2 rings (SSSR count). The fourth-order valence-electron chi connectivity index (χ4n) is 3.54. The molecular weight excluding hydrogens is 220 g/mol. The lowest BCUT2D eigenvalue weighted by molar-refractivity contribution is 0.260. The first-order valence-electron chi connectivity index (χ1n) is 8.17. The average Bonchev–Trinajstić information content (AvgIpc) is 2.84. The quantitative estimate of drug-likeness (QED) is 0.781. The summed E-state index contributed by atoms with van der Waals surface area (Å²) in [4.78, 5) is 2.63. The molecule has 0 aromatic heterocycles. The molecule has 0 aromatic rings. The van der Waals surface area contributed by atoms with E-state index in [1.807, 2.05) is 0 Å². The Hall–Kier alpha value is -0.0800. The molecule has 0 aromatic carbocycles. The van der Waals surface area contributed by atoms with Crippen molar-refractivity contribution in [2.45, 2.75) is 52.4 Å². The van der Waals surface area contributed by atoms with Crippen LogP contribution in [0.2, 0.25) is 0 Å². The average molecular weight is 252 g/mol. The second-order valence-electron chi connectivity index (χ2n) is 6.90. The first-order chi connectivity index (χ1) is 8.74. The molecule has 2 nitrogen and oxygen atoms in total. The first-order valence-corrected chi connectivity index (χ1v) is 8.17. The third kappa shape index (κ3) is 4.89. The van der Waals surface area contributed by atoms with Gasteiger partial charge in [0.2, 0.25) is 0 Å². The summed E-state index contributed by atoms with van der Waals surface area (Å²) in [6, 6.07) is 0. The number of nitrogens with zero attached hydrogens (tertiary/aromatic N) is 1. The molecule has 1 unspecified atom stereocenters. The Morgan fingerprint density at radius 1 is 1.11 bits per heavy atom. The Balaban J connectivity index is 1.51. The maximum atomic E-state index is 3.72. The Morgan fingerprint density at radius 2 is 1.78 bits per heavy atom. The fourth-order valence-corrected chi connectivity index (χ4v) is 3.54. The predicted molar refractivity (Wildman–Crippen MR) is 78.8 cm³/mol. The van der Waals surface area contributed by atoms with Gasteiger partial charge in [-0.3, -0.25) is 0 Å². The third-order valence-corrected chi connectivity index (χ3v) is 4.83. The van der Waals surface area contributed by atoms with Crippen molar-refractivity contribution in [2.75, 3.05) is 32.7 Å². The largest absolute Gasteiger partial charge is 0.316 e. The second kappa shape index (κ2) is 7.49. The van der Waals surface area contributed by atoms with E-state index in [1.165, 1.54) is 71.2 Å². The van der Waals surface area contributed by atoms with Gasteiger partial charge < -0.3 is 10.2 Å². The number of nitrogens with one attached hydrogen (secondary N) is 1. The van der Waals surface area contributed by atoms with Crippen LogP contribution >= 0.6 is 0 Å². The van der Waals surface area contributed by atoms with Gasteiger partial charge in [-0.05, 0) is 69.6 Å². The highest BCUT2D eigenvalue weighted by Crippen LogP contribution is 2.27. The van der Waals surface area contributed by atoms with Gasteiger partial charge in [0, 0.05) is 6.54 Å². The Kier molecular flexibility index (Phi) is 5.97. The van der Waals surface area contributed by atoms with Crippen LogP contribution in [0.15, 0.2) is 0 Å². The van der Waals surface area contributed by atoms with Gasteiger partial charge in [-0.25, -0.2) is 0 Å². The lowest BCUT2D eigenvalue weighted by atomic mass is 9.83. The summed E-state index contributed by atoms with van der Waals surface area (Å²) in [6.07, 6.45) is 8.65. The summed E-state index contributed by atoms with van der Waals surface area (Å²) in [7, 11) is 0. The minimum atomic E-state index is 0.811. The lowest BCUT2D eigenvalue weighted by Gasteiger charge is -2.27. The maximum absolute atomic E-state index is 3.72. The van der Waals surface area contributed by atoms with E-state index in [-0.39, 0.29) is 0 Å². The molecule has 1 heterocycles. The monoisotopic (exact) mass is 252 g/mol. The molecule has 0 bridgehead atoms. The Labute approximate surface area is 114 Å². The van der Waals surface area contributed by atoms with E-state index in [4.69, 9.17) is 0 Å². The minimum Gasteiger partial charge on any atom is -0.316 e. The smallest absolute Gasteiger partial charge is 0.00191 e. The van der Waals surface area contributed by atoms with Crippen LogP contribution in [0, 0.1) is 17.8 Å². The van der Waals surface area contributed by atoms with Crippen molar-refractivity contribution in [1.29, 1.82) is 0 Å². The molecule has 0 radical (unpaired) electrons. The molecule has 1 aliphatic carbocycles. The normalized spacial score (nSPS) is 31.7. The van der Waals surface area contributed by atoms with Gasteiger partial charge >= 0.3 is 0 Å². The highest BCUT2D eigenvalue weighted by molar-refractivity contribution is 4.74. The summed E-state index contributed by atoms with van der Waals surface area (Å²) >= 11 is 0. The van der Waals surface area contributed by atoms with Crippen molar-refractivity contribution in [2.24, 2.45) is 17.8 Å². The molecule has 0 spiro atoms. The molecule has 18 heavy (non-hydrogen) atoms. The minimum absolute atomic E-state index is 0.811. The molecular formula is C16H32N2. The van der Waals surface area contributed by atoms with Gasteiger partial charge in [-0.15, -0.1) is 0 Å². The SMILES string of the molecule is CC1CCC(CNCC(C)CN2CCCC2)CC1. The zero-order valence-electron chi connectivity index (χ0n) is 12.5. The van der Waals surface area contributed by atoms with Crippen LogP contribution < -0.4 is 5.32 Å². The van der Waals surface area contributed by atoms with Gasteiger partial charge in [-0.2, -0.15) is 0 Å². The Morgan fingerprint density at radius 3 is 2.44 bits per heavy atom. The predicted octanol–water partition coefficient (Wildman–Crippen LogP) is 3.13. The zero-order valence-corrected chi connectivity index (χ0v) is 12.5. The van der Waals surface area contributed by atoms with Crippen molar-refractivity contribution in [3.8, 4) is 0 Å². The Bertz CT molecular complexity index is 215. The number of rotatable bonds is 6. The van der Waals surface area contributed by atoms with Crippen LogP contribution in [0.25, 0.3) is 0 Å². The van der Waals surface area contributed by atoms with Crippen molar-refractivity contribution in [1.82, 2.24) is 10.2 Å². The van der Waals surface area contributed by atoms with Crippen LogP contribution in [-0.4, -0.2) is 37.6 Å². The van der Waals surface area contributed by atoms with Gasteiger partial charge in [0.25, 0.3) is 0 Å². The molecule has 2 aliphatic rings. The van der Waals surface area contributed by atoms with E-state index < -0.39 is 0 Å². The van der Waals surface area contributed by atoms with Crippen LogP contribution in [0.1, 0.15) is 52.4 Å². The van der Waals surface area contributed by atoms with E-state index in [2.05, 4.69) is 24.1 Å². The molecule has 1 N–H and O–H groups in total. The number of likely N-dealkylation sites (tertiary alicyclic amines) is 1. The summed E-state index contributed by atoms with van der Waals surface area (Å²) in [5.41, 5.74) is 0. The number of hydrogen-bond donors (Lipinski definition) is 1. The molecule has 1 saturated carbocycles. The summed E-state index contributed by atoms with van der Waals surface area (Å²) in [5.74, 6) is 2.75. The number of hydrogen-bond acceptors (Lipinski definition) is 2.